The second kappa shape index (κ2) is 9.07. The molecule has 1 rings (SSSR count). The van der Waals surface area contributed by atoms with E-state index in [9.17, 15) is 13.6 Å². The van der Waals surface area contributed by atoms with Gasteiger partial charge in [-0.1, -0.05) is 13.3 Å². The van der Waals surface area contributed by atoms with Crippen molar-refractivity contribution in [2.24, 2.45) is 0 Å². The van der Waals surface area contributed by atoms with Crippen LogP contribution in [0.25, 0.3) is 0 Å². The molecule has 0 fully saturated rings. The maximum Gasteiger partial charge on any atom is 0.357 e. The molecule has 0 bridgehead atoms. The first-order valence-corrected chi connectivity index (χ1v) is 7.10. The minimum atomic E-state index is -1.75. The molecule has 1 aromatic rings. The van der Waals surface area contributed by atoms with E-state index in [0.717, 1.165) is 12.8 Å². The molecule has 0 spiro atoms. The van der Waals surface area contributed by atoms with Crippen molar-refractivity contribution < 1.29 is 23.0 Å². The van der Waals surface area contributed by atoms with Gasteiger partial charge < -0.3 is 9.47 Å². The number of carbonyl (C=O) groups is 1. The van der Waals surface area contributed by atoms with Gasteiger partial charge in [-0.2, -0.15) is 13.8 Å². The van der Waals surface area contributed by atoms with Gasteiger partial charge in [-0.25, -0.2) is 9.78 Å². The summed E-state index contributed by atoms with van der Waals surface area (Å²) in [5.41, 5.74) is 0.524. The van der Waals surface area contributed by atoms with E-state index in [1.165, 1.54) is 13.0 Å². The van der Waals surface area contributed by atoms with E-state index in [4.69, 9.17) is 9.47 Å². The van der Waals surface area contributed by atoms with Crippen LogP contribution in [0, 0.1) is 6.92 Å². The van der Waals surface area contributed by atoms with Crippen molar-refractivity contribution in [2.45, 2.75) is 40.0 Å². The van der Waals surface area contributed by atoms with Crippen molar-refractivity contribution >= 4 is 5.97 Å². The quantitative estimate of drug-likeness (QED) is 0.541. The number of rotatable bonds is 8. The summed E-state index contributed by atoms with van der Waals surface area (Å²) in [5.74, 6) is -0.682. The molecule has 22 heavy (non-hydrogen) atoms. The fraction of sp³-hybridized carbons (Fsp3) is 0.533. The molecule has 122 valence electrons. The lowest BCUT2D eigenvalue weighted by molar-refractivity contribution is 0.0499. The molecule has 7 heteroatoms. The van der Waals surface area contributed by atoms with Gasteiger partial charge in [0, 0.05) is 12.1 Å². The van der Waals surface area contributed by atoms with Crippen molar-refractivity contribution in [3.63, 3.8) is 0 Å². The van der Waals surface area contributed by atoms with Gasteiger partial charge in [0.05, 0.1) is 13.2 Å². The molecule has 0 amide bonds. The fourth-order valence-corrected chi connectivity index (χ4v) is 1.48. The largest absolute Gasteiger partial charge is 0.463 e. The average Bonchev–Trinajstić information content (AvgIpc) is 2.46. The van der Waals surface area contributed by atoms with Gasteiger partial charge in [-0.3, -0.25) is 0 Å². The second-order valence-corrected chi connectivity index (χ2v) is 4.81. The number of ether oxygens (including phenoxy) is 2. The molecule has 0 N–H and O–H groups in total. The molecular weight excluding hydrogens is 294 g/mol. The number of carbonyl (C=O) groups excluding carboxylic acids is 1. The van der Waals surface area contributed by atoms with Gasteiger partial charge in [0.15, 0.2) is 5.69 Å². The Balaban J connectivity index is 2.62. The van der Waals surface area contributed by atoms with Crippen LogP contribution in [0.2, 0.25) is 0 Å². The number of nitrogens with zero attached hydrogens (tertiary/aromatic N) is 2. The smallest absolute Gasteiger partial charge is 0.357 e. The Morgan fingerprint density at radius 2 is 2.00 bits per heavy atom. The Hall–Kier alpha value is -2.05. The molecule has 0 atom stereocenters. The lowest BCUT2D eigenvalue weighted by atomic mass is 10.2. The zero-order valence-corrected chi connectivity index (χ0v) is 13.0. The van der Waals surface area contributed by atoms with Crippen LogP contribution in [0.3, 0.4) is 0 Å². The number of unbranched alkanes of at least 4 members (excludes halogenated alkanes) is 1. The van der Waals surface area contributed by atoms with Crippen molar-refractivity contribution in [1.29, 1.82) is 0 Å². The van der Waals surface area contributed by atoms with Crippen LogP contribution in [0.1, 0.15) is 49.3 Å². The van der Waals surface area contributed by atoms with E-state index >= 15 is 0 Å². The zero-order valence-electron chi connectivity index (χ0n) is 13.0. The number of halogens is 2. The maximum absolute atomic E-state index is 12.2. The molecule has 5 nitrogen and oxygen atoms in total. The Morgan fingerprint density at radius 3 is 2.64 bits per heavy atom. The Bertz CT molecular complexity index is 544. The number of esters is 1. The molecule has 0 saturated heterocycles. The first-order valence-electron chi connectivity index (χ1n) is 7.10. The van der Waals surface area contributed by atoms with Crippen molar-refractivity contribution in [3.8, 4) is 6.01 Å². The minimum absolute atomic E-state index is 0.0159. The SMILES string of the molecule is CCCCOc1nc(C)cc(C(=O)OCCC(C)=C(F)F)n1. The van der Waals surface area contributed by atoms with E-state index in [1.54, 1.807) is 6.92 Å². The summed E-state index contributed by atoms with van der Waals surface area (Å²) in [5, 5.41) is 0. The highest BCUT2D eigenvalue weighted by Crippen LogP contribution is 2.12. The van der Waals surface area contributed by atoms with Gasteiger partial charge in [0.1, 0.15) is 0 Å². The van der Waals surface area contributed by atoms with Gasteiger partial charge in [0.2, 0.25) is 0 Å². The molecule has 0 aliphatic heterocycles. The maximum atomic E-state index is 12.2. The van der Waals surface area contributed by atoms with E-state index < -0.39 is 12.0 Å². The summed E-state index contributed by atoms with van der Waals surface area (Å²) in [6, 6.07) is 1.58. The molecule has 0 aromatic carbocycles. The minimum Gasteiger partial charge on any atom is -0.463 e. The summed E-state index contributed by atoms with van der Waals surface area (Å²) in [6.45, 7) is 5.36. The molecule has 1 aromatic heterocycles. The van der Waals surface area contributed by atoms with Crippen LogP contribution in [0.15, 0.2) is 17.7 Å². The van der Waals surface area contributed by atoms with Crippen molar-refractivity contribution in [2.75, 3.05) is 13.2 Å². The highest BCUT2D eigenvalue weighted by atomic mass is 19.3. The number of hydrogen-bond acceptors (Lipinski definition) is 5. The standard InChI is InChI=1S/C15H20F2N2O3/c1-4-5-7-22-15-18-11(3)9-12(19-15)14(20)21-8-6-10(2)13(16)17/h9H,4-8H2,1-3H3. The van der Waals surface area contributed by atoms with E-state index in [0.29, 0.717) is 12.3 Å². The van der Waals surface area contributed by atoms with Crippen LogP contribution >= 0.6 is 0 Å². The molecule has 0 aliphatic carbocycles. The van der Waals surface area contributed by atoms with Crippen LogP contribution in [-0.4, -0.2) is 29.2 Å². The fourth-order valence-electron chi connectivity index (χ4n) is 1.48. The summed E-state index contributed by atoms with van der Waals surface area (Å²) in [6.07, 6.45) is 0.0642. The van der Waals surface area contributed by atoms with Gasteiger partial charge in [-0.15, -0.1) is 0 Å². The summed E-state index contributed by atoms with van der Waals surface area (Å²) < 4.78 is 34.8. The first kappa shape index (κ1) is 18.0. The number of hydrogen-bond donors (Lipinski definition) is 0. The monoisotopic (exact) mass is 314 g/mol. The molecule has 0 saturated carbocycles. The molecule has 0 radical (unpaired) electrons. The van der Waals surface area contributed by atoms with Crippen LogP contribution in [0.5, 0.6) is 6.01 Å². The predicted octanol–water partition coefficient (Wildman–Crippen LogP) is 3.68. The summed E-state index contributed by atoms with van der Waals surface area (Å²) in [4.78, 5) is 19.9. The van der Waals surface area contributed by atoms with E-state index in [2.05, 4.69) is 9.97 Å². The van der Waals surface area contributed by atoms with Crippen molar-refractivity contribution in [1.82, 2.24) is 9.97 Å². The third-order valence-corrected chi connectivity index (χ3v) is 2.80. The molecular formula is C15H20F2N2O3. The predicted molar refractivity (Wildman–Crippen MR) is 77.0 cm³/mol. The van der Waals surface area contributed by atoms with E-state index in [1.807, 2.05) is 6.92 Å². The second-order valence-electron chi connectivity index (χ2n) is 4.81. The van der Waals surface area contributed by atoms with Crippen LogP contribution in [0.4, 0.5) is 8.78 Å². The average molecular weight is 314 g/mol. The summed E-state index contributed by atoms with van der Waals surface area (Å²) >= 11 is 0. The van der Waals surface area contributed by atoms with E-state index in [-0.39, 0.29) is 30.3 Å². The Morgan fingerprint density at radius 1 is 1.27 bits per heavy atom. The van der Waals surface area contributed by atoms with Crippen LogP contribution in [-0.2, 0) is 4.74 Å². The molecule has 1 heterocycles. The topological polar surface area (TPSA) is 61.3 Å². The van der Waals surface area contributed by atoms with Gasteiger partial charge in [0.25, 0.3) is 6.08 Å². The van der Waals surface area contributed by atoms with Crippen LogP contribution < -0.4 is 4.74 Å². The highest BCUT2D eigenvalue weighted by Gasteiger charge is 2.13. The Kier molecular flexibility index (Phi) is 7.42. The number of aryl methyl sites for hydroxylation is 1. The Labute approximate surface area is 128 Å². The molecule has 0 unspecified atom stereocenters. The van der Waals surface area contributed by atoms with Gasteiger partial charge in [-0.05, 0) is 31.9 Å². The highest BCUT2D eigenvalue weighted by molar-refractivity contribution is 5.87. The normalized spacial score (nSPS) is 10.2. The zero-order chi connectivity index (χ0) is 16.5. The number of aromatic nitrogens is 2. The third kappa shape index (κ3) is 6.15. The molecule has 0 aliphatic rings. The lowest BCUT2D eigenvalue weighted by Gasteiger charge is -2.07. The first-order chi connectivity index (χ1) is 10.4. The third-order valence-electron chi connectivity index (χ3n) is 2.80. The van der Waals surface area contributed by atoms with Crippen molar-refractivity contribution in [3.05, 3.63) is 29.1 Å². The summed E-state index contributed by atoms with van der Waals surface area (Å²) in [7, 11) is 0. The lowest BCUT2D eigenvalue weighted by Crippen LogP contribution is -2.11. The van der Waals surface area contributed by atoms with Gasteiger partial charge >= 0.3 is 12.0 Å².